The number of carbonyl (C=O) groups is 1. The summed E-state index contributed by atoms with van der Waals surface area (Å²) in [6.07, 6.45) is 1.13. The molecule has 2 rings (SSSR count). The van der Waals surface area contributed by atoms with E-state index in [1.54, 1.807) is 0 Å². The van der Waals surface area contributed by atoms with Crippen molar-refractivity contribution in [3.8, 4) is 0 Å². The van der Waals surface area contributed by atoms with Gasteiger partial charge in [0.1, 0.15) is 10.7 Å². The molecule has 0 amide bonds. The molecule has 0 aromatic heterocycles. The maximum atomic E-state index is 13.7. The number of esters is 1. The number of methoxy groups -OCH3 is 1. The molecule has 1 unspecified atom stereocenters. The van der Waals surface area contributed by atoms with Crippen molar-refractivity contribution in [3.05, 3.63) is 30.1 Å². The summed E-state index contributed by atoms with van der Waals surface area (Å²) in [4.78, 5) is 11.2. The van der Waals surface area contributed by atoms with E-state index >= 15 is 0 Å². The molecule has 0 spiro atoms. The van der Waals surface area contributed by atoms with Gasteiger partial charge in [-0.05, 0) is 25.0 Å². The van der Waals surface area contributed by atoms with Crippen LogP contribution in [-0.2, 0) is 19.6 Å². The Hall–Kier alpha value is -1.47. The minimum Gasteiger partial charge on any atom is -0.469 e. The molecule has 1 atom stereocenters. The lowest BCUT2D eigenvalue weighted by Gasteiger charge is -2.30. The second-order valence-electron chi connectivity index (χ2n) is 4.66. The van der Waals surface area contributed by atoms with Gasteiger partial charge in [-0.15, -0.1) is 0 Å². The third-order valence-corrected chi connectivity index (χ3v) is 5.27. The van der Waals surface area contributed by atoms with Gasteiger partial charge in [0.05, 0.1) is 13.0 Å². The van der Waals surface area contributed by atoms with Gasteiger partial charge in [-0.25, -0.2) is 12.8 Å². The molecule has 0 bridgehead atoms. The highest BCUT2D eigenvalue weighted by atomic mass is 32.2. The van der Waals surface area contributed by atoms with Crippen LogP contribution in [0.15, 0.2) is 29.2 Å². The molecule has 0 saturated carbocycles. The van der Waals surface area contributed by atoms with Crippen LogP contribution in [0.4, 0.5) is 4.39 Å². The first kappa shape index (κ1) is 14.9. The molecule has 1 saturated heterocycles. The predicted octanol–water partition coefficient (Wildman–Crippen LogP) is 1.40. The summed E-state index contributed by atoms with van der Waals surface area (Å²) >= 11 is 0. The van der Waals surface area contributed by atoms with Crippen LogP contribution in [-0.4, -0.2) is 38.9 Å². The van der Waals surface area contributed by atoms with Crippen molar-refractivity contribution in [1.82, 2.24) is 4.31 Å². The Balaban J connectivity index is 2.26. The molecule has 0 N–H and O–H groups in total. The normalized spacial score (nSPS) is 20.6. The van der Waals surface area contributed by atoms with Crippen molar-refractivity contribution < 1.29 is 22.3 Å². The third-order valence-electron chi connectivity index (χ3n) is 3.37. The lowest BCUT2D eigenvalue weighted by atomic mass is 10.0. The highest BCUT2D eigenvalue weighted by Crippen LogP contribution is 2.25. The summed E-state index contributed by atoms with van der Waals surface area (Å²) in [5.41, 5.74) is 0. The van der Waals surface area contributed by atoms with Gasteiger partial charge in [0, 0.05) is 13.1 Å². The van der Waals surface area contributed by atoms with E-state index in [-0.39, 0.29) is 18.0 Å². The predicted molar refractivity (Wildman–Crippen MR) is 69.9 cm³/mol. The fourth-order valence-corrected chi connectivity index (χ4v) is 3.90. The quantitative estimate of drug-likeness (QED) is 0.792. The molecule has 0 aliphatic carbocycles. The van der Waals surface area contributed by atoms with Gasteiger partial charge in [-0.2, -0.15) is 4.31 Å². The minimum atomic E-state index is -3.92. The zero-order valence-electron chi connectivity index (χ0n) is 11.1. The molecule has 1 aromatic carbocycles. The Kier molecular flexibility index (Phi) is 4.39. The van der Waals surface area contributed by atoms with Crippen molar-refractivity contribution in [1.29, 1.82) is 0 Å². The van der Waals surface area contributed by atoms with Crippen LogP contribution < -0.4 is 0 Å². The fraction of sp³-hybridized carbons (Fsp3) is 0.462. The minimum absolute atomic E-state index is 0.0311. The number of ether oxygens (including phenoxy) is 1. The second-order valence-corrected chi connectivity index (χ2v) is 6.56. The summed E-state index contributed by atoms with van der Waals surface area (Å²) in [5, 5.41) is 0. The van der Waals surface area contributed by atoms with Crippen molar-refractivity contribution in [2.45, 2.75) is 17.7 Å². The topological polar surface area (TPSA) is 63.7 Å². The van der Waals surface area contributed by atoms with Crippen molar-refractivity contribution >= 4 is 16.0 Å². The summed E-state index contributed by atoms with van der Waals surface area (Å²) in [6, 6.07) is 5.24. The number of piperidine rings is 1. The molecular formula is C13H16FNO4S. The number of hydrogen-bond acceptors (Lipinski definition) is 4. The van der Waals surface area contributed by atoms with Crippen LogP contribution in [0.3, 0.4) is 0 Å². The third kappa shape index (κ3) is 2.83. The van der Waals surface area contributed by atoms with E-state index in [2.05, 4.69) is 4.74 Å². The molecule has 7 heteroatoms. The number of rotatable bonds is 3. The van der Waals surface area contributed by atoms with Gasteiger partial charge in [0.2, 0.25) is 10.0 Å². The first-order chi connectivity index (χ1) is 9.46. The van der Waals surface area contributed by atoms with Crippen molar-refractivity contribution in [3.63, 3.8) is 0 Å². The molecule has 110 valence electrons. The van der Waals surface area contributed by atoms with Gasteiger partial charge in [-0.1, -0.05) is 12.1 Å². The Morgan fingerprint density at radius 3 is 2.75 bits per heavy atom. The number of halogens is 1. The number of benzene rings is 1. The zero-order chi connectivity index (χ0) is 14.8. The first-order valence-electron chi connectivity index (χ1n) is 6.29. The van der Waals surface area contributed by atoms with Crippen LogP contribution in [0.2, 0.25) is 0 Å². The molecule has 5 nitrogen and oxygen atoms in total. The number of nitrogens with zero attached hydrogens (tertiary/aromatic N) is 1. The highest BCUT2D eigenvalue weighted by molar-refractivity contribution is 7.89. The van der Waals surface area contributed by atoms with Crippen LogP contribution in [0.1, 0.15) is 12.8 Å². The van der Waals surface area contributed by atoms with E-state index in [0.29, 0.717) is 12.8 Å². The lowest BCUT2D eigenvalue weighted by molar-refractivity contribution is -0.146. The Bertz CT molecular complexity index is 602. The van der Waals surface area contributed by atoms with Crippen LogP contribution in [0.5, 0.6) is 0 Å². The fourth-order valence-electron chi connectivity index (χ4n) is 2.31. The lowest BCUT2D eigenvalue weighted by Crippen LogP contribution is -2.42. The Morgan fingerprint density at radius 2 is 2.10 bits per heavy atom. The molecule has 1 aliphatic heterocycles. The average Bonchev–Trinajstić information content (AvgIpc) is 2.47. The Labute approximate surface area is 117 Å². The van der Waals surface area contributed by atoms with E-state index in [0.717, 1.165) is 10.4 Å². The first-order valence-corrected chi connectivity index (χ1v) is 7.73. The number of hydrogen-bond donors (Lipinski definition) is 0. The molecule has 0 radical (unpaired) electrons. The smallest absolute Gasteiger partial charge is 0.309 e. The number of sulfonamides is 1. The van der Waals surface area contributed by atoms with Gasteiger partial charge in [0.25, 0.3) is 0 Å². The van der Waals surface area contributed by atoms with E-state index in [4.69, 9.17) is 0 Å². The maximum absolute atomic E-state index is 13.7. The van der Waals surface area contributed by atoms with Crippen molar-refractivity contribution in [2.24, 2.45) is 5.92 Å². The average molecular weight is 301 g/mol. The molecule has 1 heterocycles. The largest absolute Gasteiger partial charge is 0.469 e. The second kappa shape index (κ2) is 5.88. The summed E-state index contributed by atoms with van der Waals surface area (Å²) in [7, 11) is -2.65. The van der Waals surface area contributed by atoms with E-state index in [1.165, 1.54) is 25.3 Å². The van der Waals surface area contributed by atoms with Crippen LogP contribution in [0, 0.1) is 11.7 Å². The highest BCUT2D eigenvalue weighted by Gasteiger charge is 2.34. The van der Waals surface area contributed by atoms with E-state index in [9.17, 15) is 17.6 Å². The maximum Gasteiger partial charge on any atom is 0.309 e. The molecule has 1 aromatic rings. The van der Waals surface area contributed by atoms with Gasteiger partial charge in [-0.3, -0.25) is 4.79 Å². The summed E-state index contributed by atoms with van der Waals surface area (Å²) in [6.45, 7) is 0.313. The standard InChI is InChI=1S/C13H16FNO4S/c1-19-13(16)10-5-4-8-15(9-10)20(17,18)12-7-3-2-6-11(12)14/h2-3,6-7,10H,4-5,8-9H2,1H3. The summed E-state index contributed by atoms with van der Waals surface area (Å²) < 4.78 is 44.3. The molecule has 20 heavy (non-hydrogen) atoms. The van der Waals surface area contributed by atoms with Crippen LogP contribution >= 0.6 is 0 Å². The Morgan fingerprint density at radius 1 is 1.40 bits per heavy atom. The van der Waals surface area contributed by atoms with E-state index in [1.807, 2.05) is 0 Å². The molecular weight excluding hydrogens is 285 g/mol. The monoisotopic (exact) mass is 301 g/mol. The van der Waals surface area contributed by atoms with E-state index < -0.39 is 27.7 Å². The number of carbonyl (C=O) groups excluding carboxylic acids is 1. The van der Waals surface area contributed by atoms with Gasteiger partial charge >= 0.3 is 5.97 Å². The zero-order valence-corrected chi connectivity index (χ0v) is 11.9. The molecule has 1 aliphatic rings. The molecule has 1 fully saturated rings. The van der Waals surface area contributed by atoms with Crippen LogP contribution in [0.25, 0.3) is 0 Å². The SMILES string of the molecule is COC(=O)C1CCCN(S(=O)(=O)c2ccccc2F)C1. The van der Waals surface area contributed by atoms with Crippen molar-refractivity contribution in [2.75, 3.05) is 20.2 Å². The summed E-state index contributed by atoms with van der Waals surface area (Å²) in [5.74, 6) is -1.71. The van der Waals surface area contributed by atoms with Gasteiger partial charge < -0.3 is 4.74 Å². The van der Waals surface area contributed by atoms with Gasteiger partial charge in [0.15, 0.2) is 0 Å².